The van der Waals surface area contributed by atoms with Gasteiger partial charge in [-0.25, -0.2) is 4.39 Å². The fourth-order valence-electron chi connectivity index (χ4n) is 3.06. The van der Waals surface area contributed by atoms with Gasteiger partial charge in [-0.3, -0.25) is 9.69 Å². The Morgan fingerprint density at radius 1 is 1.35 bits per heavy atom. The predicted octanol–water partition coefficient (Wildman–Crippen LogP) is 4.00. The normalized spacial score (nSPS) is 16.7. The van der Waals surface area contributed by atoms with Crippen LogP contribution in [0.2, 0.25) is 5.02 Å². The molecule has 1 amide bonds. The Bertz CT molecular complexity index is 526. The van der Waals surface area contributed by atoms with Crippen molar-refractivity contribution in [1.82, 2.24) is 10.2 Å². The molecule has 1 aromatic rings. The number of hydrogen-bond donors (Lipinski definition) is 1. The van der Waals surface area contributed by atoms with E-state index < -0.39 is 0 Å². The number of amides is 1. The molecule has 5 heteroatoms. The SMILES string of the molecule is CCC(CC)NC(=O)C1CCN(Cc2ccc(Cl)cc2F)CC1. The van der Waals surface area contributed by atoms with Crippen LogP contribution in [0.4, 0.5) is 4.39 Å². The van der Waals surface area contributed by atoms with Gasteiger partial charge < -0.3 is 5.32 Å². The van der Waals surface area contributed by atoms with Crippen LogP contribution < -0.4 is 5.32 Å². The molecule has 0 aliphatic carbocycles. The van der Waals surface area contributed by atoms with E-state index in [1.54, 1.807) is 12.1 Å². The summed E-state index contributed by atoms with van der Waals surface area (Å²) >= 11 is 5.78. The fraction of sp³-hybridized carbons (Fsp3) is 0.611. The van der Waals surface area contributed by atoms with Crippen molar-refractivity contribution in [3.8, 4) is 0 Å². The highest BCUT2D eigenvalue weighted by atomic mass is 35.5. The molecule has 0 bridgehead atoms. The van der Waals surface area contributed by atoms with Crippen LogP contribution in [0.1, 0.15) is 45.1 Å². The highest BCUT2D eigenvalue weighted by Gasteiger charge is 2.26. The number of hydrogen-bond acceptors (Lipinski definition) is 2. The monoisotopic (exact) mass is 340 g/mol. The highest BCUT2D eigenvalue weighted by molar-refractivity contribution is 6.30. The maximum Gasteiger partial charge on any atom is 0.223 e. The van der Waals surface area contributed by atoms with E-state index in [2.05, 4.69) is 24.1 Å². The van der Waals surface area contributed by atoms with Crippen molar-refractivity contribution < 1.29 is 9.18 Å². The van der Waals surface area contributed by atoms with Gasteiger partial charge in [0.05, 0.1) is 0 Å². The number of piperidine rings is 1. The molecule has 1 aliphatic rings. The van der Waals surface area contributed by atoms with Crippen LogP contribution in [0, 0.1) is 11.7 Å². The van der Waals surface area contributed by atoms with Crippen LogP contribution in [-0.2, 0) is 11.3 Å². The first-order valence-corrected chi connectivity index (χ1v) is 8.87. The number of rotatable bonds is 6. The van der Waals surface area contributed by atoms with Gasteiger partial charge in [0.2, 0.25) is 5.91 Å². The van der Waals surface area contributed by atoms with E-state index in [1.807, 2.05) is 0 Å². The highest BCUT2D eigenvalue weighted by Crippen LogP contribution is 2.22. The Hall–Kier alpha value is -1.13. The minimum absolute atomic E-state index is 0.0851. The average molecular weight is 341 g/mol. The second kappa shape index (κ2) is 8.65. The Morgan fingerprint density at radius 3 is 2.57 bits per heavy atom. The quantitative estimate of drug-likeness (QED) is 0.849. The molecule has 1 heterocycles. The summed E-state index contributed by atoms with van der Waals surface area (Å²) in [5, 5.41) is 3.55. The summed E-state index contributed by atoms with van der Waals surface area (Å²) in [5.41, 5.74) is 0.661. The maximum atomic E-state index is 13.9. The molecule has 1 aliphatic heterocycles. The summed E-state index contributed by atoms with van der Waals surface area (Å²) in [6, 6.07) is 5.09. The van der Waals surface area contributed by atoms with Gasteiger partial charge in [-0.1, -0.05) is 31.5 Å². The molecule has 3 nitrogen and oxygen atoms in total. The van der Waals surface area contributed by atoms with Crippen molar-refractivity contribution in [2.75, 3.05) is 13.1 Å². The molecule has 0 atom stereocenters. The van der Waals surface area contributed by atoms with Gasteiger partial charge in [-0.15, -0.1) is 0 Å². The molecule has 128 valence electrons. The zero-order valence-electron chi connectivity index (χ0n) is 13.9. The smallest absolute Gasteiger partial charge is 0.223 e. The van der Waals surface area contributed by atoms with E-state index in [9.17, 15) is 9.18 Å². The van der Waals surface area contributed by atoms with Crippen molar-refractivity contribution in [1.29, 1.82) is 0 Å². The van der Waals surface area contributed by atoms with Gasteiger partial charge in [0.25, 0.3) is 0 Å². The second-order valence-electron chi connectivity index (χ2n) is 6.31. The summed E-state index contributed by atoms with van der Waals surface area (Å²) in [6.45, 7) is 6.41. The van der Waals surface area contributed by atoms with Crippen molar-refractivity contribution >= 4 is 17.5 Å². The zero-order chi connectivity index (χ0) is 16.8. The topological polar surface area (TPSA) is 32.3 Å². The molecular formula is C18H26ClFN2O. The van der Waals surface area contributed by atoms with Crippen LogP contribution in [-0.4, -0.2) is 29.9 Å². The molecule has 1 fully saturated rings. The zero-order valence-corrected chi connectivity index (χ0v) is 14.7. The molecule has 23 heavy (non-hydrogen) atoms. The molecule has 0 spiro atoms. The first kappa shape index (κ1) is 18.2. The molecule has 1 N–H and O–H groups in total. The lowest BCUT2D eigenvalue weighted by Gasteiger charge is -2.32. The minimum Gasteiger partial charge on any atom is -0.353 e. The van der Waals surface area contributed by atoms with Crippen LogP contribution in [0.25, 0.3) is 0 Å². The van der Waals surface area contributed by atoms with Crippen molar-refractivity contribution in [2.24, 2.45) is 5.92 Å². The maximum absolute atomic E-state index is 13.9. The number of nitrogens with one attached hydrogen (secondary N) is 1. The molecule has 0 aromatic heterocycles. The Kier molecular flexibility index (Phi) is 6.85. The lowest BCUT2D eigenvalue weighted by molar-refractivity contribution is -0.127. The minimum atomic E-state index is -0.258. The van der Waals surface area contributed by atoms with Gasteiger partial charge in [0.1, 0.15) is 5.82 Å². The van der Waals surface area contributed by atoms with Gasteiger partial charge in [0.15, 0.2) is 0 Å². The van der Waals surface area contributed by atoms with Crippen LogP contribution in [0.3, 0.4) is 0 Å². The van der Waals surface area contributed by atoms with Gasteiger partial charge in [0, 0.05) is 29.1 Å². The van der Waals surface area contributed by atoms with Gasteiger partial charge >= 0.3 is 0 Å². The Labute approximate surface area is 143 Å². The van der Waals surface area contributed by atoms with Crippen LogP contribution in [0.15, 0.2) is 18.2 Å². The lowest BCUT2D eigenvalue weighted by Crippen LogP contribution is -2.43. The summed E-state index contributed by atoms with van der Waals surface area (Å²) < 4.78 is 13.9. The third-order valence-corrected chi connectivity index (χ3v) is 4.93. The molecule has 0 radical (unpaired) electrons. The molecular weight excluding hydrogens is 315 g/mol. The summed E-state index contributed by atoms with van der Waals surface area (Å²) in [5.74, 6) is 0.00374. The number of carbonyl (C=O) groups is 1. The van der Waals surface area contributed by atoms with Crippen molar-refractivity contribution in [3.63, 3.8) is 0 Å². The van der Waals surface area contributed by atoms with E-state index in [1.165, 1.54) is 6.07 Å². The third kappa shape index (κ3) is 5.18. The first-order valence-electron chi connectivity index (χ1n) is 8.50. The van der Waals surface area contributed by atoms with E-state index in [-0.39, 0.29) is 23.7 Å². The van der Waals surface area contributed by atoms with Crippen molar-refractivity contribution in [3.05, 3.63) is 34.6 Å². The molecule has 2 rings (SSSR count). The standard InChI is InChI=1S/C18H26ClFN2O/c1-3-16(4-2)21-18(23)13-7-9-22(10-8-13)12-14-5-6-15(19)11-17(14)20/h5-6,11,13,16H,3-4,7-10,12H2,1-2H3,(H,21,23). The molecule has 0 saturated carbocycles. The number of halogens is 2. The van der Waals surface area contributed by atoms with Gasteiger partial charge in [-0.2, -0.15) is 0 Å². The second-order valence-corrected chi connectivity index (χ2v) is 6.74. The Balaban J connectivity index is 1.82. The number of likely N-dealkylation sites (tertiary alicyclic amines) is 1. The average Bonchev–Trinajstić information content (AvgIpc) is 2.55. The summed E-state index contributed by atoms with van der Waals surface area (Å²) in [6.07, 6.45) is 3.61. The van der Waals surface area contributed by atoms with Crippen LogP contribution in [0.5, 0.6) is 0 Å². The first-order chi connectivity index (χ1) is 11.0. The van der Waals surface area contributed by atoms with E-state index >= 15 is 0 Å². The van der Waals surface area contributed by atoms with Crippen LogP contribution >= 0.6 is 11.6 Å². The predicted molar refractivity (Wildman–Crippen MR) is 91.9 cm³/mol. The summed E-state index contributed by atoms with van der Waals surface area (Å²) in [4.78, 5) is 14.5. The fourth-order valence-corrected chi connectivity index (χ4v) is 3.21. The number of benzene rings is 1. The molecule has 1 aromatic carbocycles. The summed E-state index contributed by atoms with van der Waals surface area (Å²) in [7, 11) is 0. The molecule has 1 saturated heterocycles. The van der Waals surface area contributed by atoms with E-state index in [0.717, 1.165) is 38.8 Å². The number of nitrogens with zero attached hydrogens (tertiary/aromatic N) is 1. The van der Waals surface area contributed by atoms with E-state index in [4.69, 9.17) is 11.6 Å². The largest absolute Gasteiger partial charge is 0.353 e. The van der Waals surface area contributed by atoms with Gasteiger partial charge in [-0.05, 0) is 50.9 Å². The number of carbonyl (C=O) groups excluding carboxylic acids is 1. The lowest BCUT2D eigenvalue weighted by atomic mass is 9.95. The molecule has 0 unspecified atom stereocenters. The third-order valence-electron chi connectivity index (χ3n) is 4.70. The van der Waals surface area contributed by atoms with Crippen molar-refractivity contribution in [2.45, 2.75) is 52.1 Å². The Morgan fingerprint density at radius 2 is 2.00 bits per heavy atom. The van der Waals surface area contributed by atoms with E-state index in [0.29, 0.717) is 17.1 Å².